The molecule has 94 valence electrons. The standard InChI is InChI=1S/C11H11N3O3S/c1-13-5-4-12-11(13)18-10-3-2-8(7-15)6-9(10)14(16)17/h2-6,15H,7H2,1H3. The van der Waals surface area contributed by atoms with E-state index < -0.39 is 4.92 Å². The Labute approximate surface area is 107 Å². The van der Waals surface area contributed by atoms with Crippen molar-refractivity contribution in [3.05, 3.63) is 46.3 Å². The lowest BCUT2D eigenvalue weighted by Crippen LogP contribution is -1.95. The highest BCUT2D eigenvalue weighted by Gasteiger charge is 2.17. The lowest BCUT2D eigenvalue weighted by Gasteiger charge is -2.04. The molecule has 0 aliphatic carbocycles. The number of aliphatic hydroxyl groups excluding tert-OH is 1. The Hall–Kier alpha value is -1.86. The molecule has 0 spiro atoms. The van der Waals surface area contributed by atoms with Crippen molar-refractivity contribution in [1.82, 2.24) is 9.55 Å². The Bertz CT molecular complexity index is 583. The Morgan fingerprint density at radius 2 is 2.33 bits per heavy atom. The predicted octanol–water partition coefficient (Wildman–Crippen LogP) is 1.97. The molecule has 1 N–H and O–H groups in total. The number of imidazole rings is 1. The molecular formula is C11H11N3O3S. The molecule has 1 heterocycles. The van der Waals surface area contributed by atoms with Crippen LogP contribution in [0.3, 0.4) is 0 Å². The SMILES string of the molecule is Cn1ccnc1Sc1ccc(CO)cc1[N+](=O)[O-]. The molecular weight excluding hydrogens is 254 g/mol. The Balaban J connectivity index is 2.38. The van der Waals surface area contributed by atoms with Gasteiger partial charge in [0, 0.05) is 25.5 Å². The van der Waals surface area contributed by atoms with Gasteiger partial charge in [0.25, 0.3) is 5.69 Å². The molecule has 1 aromatic heterocycles. The molecule has 0 unspecified atom stereocenters. The van der Waals surface area contributed by atoms with Crippen molar-refractivity contribution in [2.45, 2.75) is 16.7 Å². The minimum atomic E-state index is -0.454. The second-order valence-electron chi connectivity index (χ2n) is 3.64. The molecule has 2 rings (SSSR count). The van der Waals surface area contributed by atoms with E-state index >= 15 is 0 Å². The lowest BCUT2D eigenvalue weighted by atomic mass is 10.2. The van der Waals surface area contributed by atoms with E-state index in [1.54, 1.807) is 29.1 Å². The quantitative estimate of drug-likeness (QED) is 0.675. The highest BCUT2D eigenvalue weighted by Crippen LogP contribution is 2.34. The summed E-state index contributed by atoms with van der Waals surface area (Å²) in [7, 11) is 1.82. The molecule has 6 nitrogen and oxygen atoms in total. The first-order valence-corrected chi connectivity index (χ1v) is 5.97. The number of nitrogens with zero attached hydrogens (tertiary/aromatic N) is 3. The third kappa shape index (κ3) is 2.52. The topological polar surface area (TPSA) is 81.2 Å². The van der Waals surface area contributed by atoms with Crippen LogP contribution in [0.25, 0.3) is 0 Å². The number of aromatic nitrogens is 2. The van der Waals surface area contributed by atoms with Crippen molar-refractivity contribution in [2.75, 3.05) is 0 Å². The zero-order valence-corrected chi connectivity index (χ0v) is 10.4. The van der Waals surface area contributed by atoms with E-state index in [1.807, 2.05) is 7.05 Å². The van der Waals surface area contributed by atoms with Gasteiger partial charge in [-0.25, -0.2) is 4.98 Å². The maximum Gasteiger partial charge on any atom is 0.283 e. The maximum absolute atomic E-state index is 11.0. The van der Waals surface area contributed by atoms with Gasteiger partial charge in [-0.05, 0) is 23.4 Å². The van der Waals surface area contributed by atoms with Gasteiger partial charge in [0.1, 0.15) is 0 Å². The van der Waals surface area contributed by atoms with Crippen LogP contribution in [-0.2, 0) is 13.7 Å². The van der Waals surface area contributed by atoms with Crippen LogP contribution in [0.4, 0.5) is 5.69 Å². The van der Waals surface area contributed by atoms with Crippen molar-refractivity contribution in [1.29, 1.82) is 0 Å². The van der Waals surface area contributed by atoms with Crippen LogP contribution < -0.4 is 0 Å². The molecule has 0 radical (unpaired) electrons. The van der Waals surface area contributed by atoms with Gasteiger partial charge in [0.05, 0.1) is 16.4 Å². The van der Waals surface area contributed by atoms with Gasteiger partial charge in [-0.3, -0.25) is 10.1 Å². The summed E-state index contributed by atoms with van der Waals surface area (Å²) in [5.41, 5.74) is 0.500. The first-order valence-electron chi connectivity index (χ1n) is 5.15. The zero-order chi connectivity index (χ0) is 13.1. The number of rotatable bonds is 4. The fourth-order valence-electron chi connectivity index (χ4n) is 1.44. The number of hydrogen-bond acceptors (Lipinski definition) is 5. The van der Waals surface area contributed by atoms with Gasteiger partial charge in [-0.1, -0.05) is 6.07 Å². The van der Waals surface area contributed by atoms with Crippen LogP contribution in [0, 0.1) is 10.1 Å². The maximum atomic E-state index is 11.0. The van der Waals surface area contributed by atoms with Crippen LogP contribution in [0.2, 0.25) is 0 Å². The Morgan fingerprint density at radius 1 is 1.56 bits per heavy atom. The molecule has 0 fully saturated rings. The van der Waals surface area contributed by atoms with Gasteiger partial charge in [-0.2, -0.15) is 0 Å². The normalized spacial score (nSPS) is 10.6. The van der Waals surface area contributed by atoms with Crippen molar-refractivity contribution in [3.8, 4) is 0 Å². The van der Waals surface area contributed by atoms with E-state index in [9.17, 15) is 10.1 Å². The van der Waals surface area contributed by atoms with E-state index in [0.717, 1.165) is 0 Å². The molecule has 0 aliphatic heterocycles. The van der Waals surface area contributed by atoms with Crippen LogP contribution in [0.15, 0.2) is 40.6 Å². The molecule has 0 aliphatic rings. The van der Waals surface area contributed by atoms with Crippen LogP contribution in [0.1, 0.15) is 5.56 Å². The summed E-state index contributed by atoms with van der Waals surface area (Å²) in [6, 6.07) is 4.67. The molecule has 7 heteroatoms. The fraction of sp³-hybridized carbons (Fsp3) is 0.182. The van der Waals surface area contributed by atoms with Crippen LogP contribution in [0.5, 0.6) is 0 Å². The molecule has 0 bridgehead atoms. The predicted molar refractivity (Wildman–Crippen MR) is 66.4 cm³/mol. The number of aryl methyl sites for hydroxylation is 1. The Kier molecular flexibility index (Phi) is 3.63. The largest absolute Gasteiger partial charge is 0.392 e. The van der Waals surface area contributed by atoms with Gasteiger partial charge in [0.15, 0.2) is 5.16 Å². The molecule has 0 saturated carbocycles. The van der Waals surface area contributed by atoms with Gasteiger partial charge in [0.2, 0.25) is 0 Å². The van der Waals surface area contributed by atoms with Crippen molar-refractivity contribution < 1.29 is 10.0 Å². The monoisotopic (exact) mass is 265 g/mol. The minimum Gasteiger partial charge on any atom is -0.392 e. The smallest absolute Gasteiger partial charge is 0.283 e. The van der Waals surface area contributed by atoms with E-state index in [0.29, 0.717) is 15.6 Å². The summed E-state index contributed by atoms with van der Waals surface area (Å²) < 4.78 is 1.79. The van der Waals surface area contributed by atoms with Crippen molar-refractivity contribution >= 4 is 17.4 Å². The van der Waals surface area contributed by atoms with E-state index in [2.05, 4.69) is 4.98 Å². The summed E-state index contributed by atoms with van der Waals surface area (Å²) in [4.78, 5) is 15.1. The first kappa shape index (κ1) is 12.6. The number of nitro benzene ring substituents is 1. The van der Waals surface area contributed by atoms with Crippen LogP contribution in [-0.4, -0.2) is 19.6 Å². The van der Waals surface area contributed by atoms with Gasteiger partial charge >= 0.3 is 0 Å². The Morgan fingerprint density at radius 3 is 2.89 bits per heavy atom. The van der Waals surface area contributed by atoms with Crippen LogP contribution >= 0.6 is 11.8 Å². The number of aliphatic hydroxyl groups is 1. The number of hydrogen-bond donors (Lipinski definition) is 1. The summed E-state index contributed by atoms with van der Waals surface area (Å²) in [5, 5.41) is 20.7. The summed E-state index contributed by atoms with van der Waals surface area (Å²) in [6.07, 6.45) is 3.41. The highest BCUT2D eigenvalue weighted by atomic mass is 32.2. The molecule has 2 aromatic rings. The number of nitro groups is 1. The van der Waals surface area contributed by atoms with E-state index in [4.69, 9.17) is 5.11 Å². The molecule has 0 amide bonds. The second kappa shape index (κ2) is 5.19. The van der Waals surface area contributed by atoms with Crippen molar-refractivity contribution in [3.63, 3.8) is 0 Å². The van der Waals surface area contributed by atoms with Gasteiger partial charge in [-0.15, -0.1) is 0 Å². The zero-order valence-electron chi connectivity index (χ0n) is 9.61. The summed E-state index contributed by atoms with van der Waals surface area (Å²) >= 11 is 1.22. The summed E-state index contributed by atoms with van der Waals surface area (Å²) in [6.45, 7) is -0.214. The lowest BCUT2D eigenvalue weighted by molar-refractivity contribution is -0.387. The minimum absolute atomic E-state index is 0.0189. The third-order valence-corrected chi connectivity index (χ3v) is 3.52. The molecule has 0 saturated heterocycles. The molecule has 18 heavy (non-hydrogen) atoms. The number of benzene rings is 1. The molecule has 0 atom stereocenters. The fourth-order valence-corrected chi connectivity index (χ4v) is 2.33. The third-order valence-electron chi connectivity index (χ3n) is 2.38. The molecule has 1 aromatic carbocycles. The average molecular weight is 265 g/mol. The second-order valence-corrected chi connectivity index (χ2v) is 4.65. The first-order chi connectivity index (χ1) is 8.61. The van der Waals surface area contributed by atoms with E-state index in [1.165, 1.54) is 17.8 Å². The summed E-state index contributed by atoms with van der Waals surface area (Å²) in [5.74, 6) is 0. The van der Waals surface area contributed by atoms with E-state index in [-0.39, 0.29) is 12.3 Å². The average Bonchev–Trinajstić information content (AvgIpc) is 2.75. The van der Waals surface area contributed by atoms with Gasteiger partial charge < -0.3 is 9.67 Å². The van der Waals surface area contributed by atoms with Crippen molar-refractivity contribution in [2.24, 2.45) is 7.05 Å². The highest BCUT2D eigenvalue weighted by molar-refractivity contribution is 7.99.